The lowest BCUT2D eigenvalue weighted by atomic mass is 10.2. The van der Waals surface area contributed by atoms with Gasteiger partial charge in [0.15, 0.2) is 0 Å². The molecule has 0 amide bonds. The number of rotatable bonds is 6. The molecule has 1 unspecified atom stereocenters. The summed E-state index contributed by atoms with van der Waals surface area (Å²) >= 11 is 0. The maximum absolute atomic E-state index is 4.39. The lowest BCUT2D eigenvalue weighted by Gasteiger charge is -2.10. The van der Waals surface area contributed by atoms with Crippen molar-refractivity contribution in [3.8, 4) is 0 Å². The molecular weight excluding hydrogens is 240 g/mol. The molecular formula is C13H22N6. The lowest BCUT2D eigenvalue weighted by Crippen LogP contribution is -2.17. The van der Waals surface area contributed by atoms with Crippen molar-refractivity contribution in [2.45, 2.75) is 46.3 Å². The smallest absolute Gasteiger partial charge is 0.148 e. The molecule has 0 saturated carbocycles. The largest absolute Gasteiger partial charge is 0.310 e. The Hall–Kier alpha value is -1.69. The molecule has 0 saturated heterocycles. The normalized spacial score (nSPS) is 13.1. The van der Waals surface area contributed by atoms with Gasteiger partial charge < -0.3 is 5.32 Å². The molecule has 6 nitrogen and oxygen atoms in total. The van der Waals surface area contributed by atoms with Crippen LogP contribution in [-0.4, -0.2) is 31.1 Å². The molecule has 2 aromatic rings. The minimum absolute atomic E-state index is 0.313. The van der Waals surface area contributed by atoms with E-state index in [1.54, 1.807) is 6.33 Å². The van der Waals surface area contributed by atoms with Gasteiger partial charge in [-0.1, -0.05) is 6.92 Å². The van der Waals surface area contributed by atoms with Crippen LogP contribution in [0.2, 0.25) is 0 Å². The van der Waals surface area contributed by atoms with Crippen LogP contribution in [0.25, 0.3) is 0 Å². The van der Waals surface area contributed by atoms with Gasteiger partial charge in [0.05, 0.1) is 6.20 Å². The second kappa shape index (κ2) is 5.97. The minimum Gasteiger partial charge on any atom is -0.310 e. The van der Waals surface area contributed by atoms with E-state index in [1.165, 1.54) is 5.56 Å². The summed E-state index contributed by atoms with van der Waals surface area (Å²) < 4.78 is 3.83. The zero-order valence-corrected chi connectivity index (χ0v) is 12.0. The first-order chi connectivity index (χ1) is 9.11. The predicted octanol–water partition coefficient (Wildman–Crippen LogP) is 1.77. The summed E-state index contributed by atoms with van der Waals surface area (Å²) in [5, 5.41) is 12.0. The van der Waals surface area contributed by atoms with Gasteiger partial charge >= 0.3 is 0 Å². The van der Waals surface area contributed by atoms with Crippen LogP contribution < -0.4 is 5.32 Å². The Kier molecular flexibility index (Phi) is 4.31. The van der Waals surface area contributed by atoms with Crippen LogP contribution in [0.1, 0.15) is 51.2 Å². The van der Waals surface area contributed by atoms with E-state index in [9.17, 15) is 0 Å². The summed E-state index contributed by atoms with van der Waals surface area (Å²) in [5.74, 6) is 0.931. The summed E-state index contributed by atoms with van der Waals surface area (Å²) in [4.78, 5) is 4.30. The van der Waals surface area contributed by atoms with E-state index < -0.39 is 0 Å². The van der Waals surface area contributed by atoms with Crippen molar-refractivity contribution in [2.75, 3.05) is 6.54 Å². The second-order valence-electron chi connectivity index (χ2n) is 4.97. The van der Waals surface area contributed by atoms with Crippen molar-refractivity contribution in [3.63, 3.8) is 0 Å². The third-order valence-corrected chi connectivity index (χ3v) is 3.10. The molecule has 0 aliphatic rings. The highest BCUT2D eigenvalue weighted by atomic mass is 15.4. The Bertz CT molecular complexity index is 513. The molecule has 0 spiro atoms. The molecule has 0 fully saturated rings. The van der Waals surface area contributed by atoms with Crippen molar-refractivity contribution < 1.29 is 0 Å². The molecule has 0 bridgehead atoms. The summed E-state index contributed by atoms with van der Waals surface area (Å²) in [6.07, 6.45) is 5.57. The predicted molar refractivity (Wildman–Crippen MR) is 73.8 cm³/mol. The van der Waals surface area contributed by atoms with E-state index in [2.05, 4.69) is 54.4 Å². The molecule has 0 aliphatic heterocycles. The number of hydrogen-bond acceptors (Lipinski definition) is 4. The Morgan fingerprint density at radius 2 is 2.05 bits per heavy atom. The summed E-state index contributed by atoms with van der Waals surface area (Å²) in [7, 11) is 0. The van der Waals surface area contributed by atoms with E-state index in [4.69, 9.17) is 0 Å². The Labute approximate surface area is 113 Å². The van der Waals surface area contributed by atoms with Crippen molar-refractivity contribution >= 4 is 0 Å². The van der Waals surface area contributed by atoms with Crippen molar-refractivity contribution in [1.29, 1.82) is 0 Å². The van der Waals surface area contributed by atoms with Crippen LogP contribution >= 0.6 is 0 Å². The number of aromatic nitrogens is 5. The fraction of sp³-hybridized carbons (Fsp3) is 0.615. The third kappa shape index (κ3) is 3.20. The molecule has 2 aromatic heterocycles. The topological polar surface area (TPSA) is 60.6 Å². The monoisotopic (exact) mass is 262 g/mol. The first kappa shape index (κ1) is 13.7. The third-order valence-electron chi connectivity index (χ3n) is 3.10. The molecule has 19 heavy (non-hydrogen) atoms. The molecule has 104 valence electrons. The van der Waals surface area contributed by atoms with Gasteiger partial charge in [-0.3, -0.25) is 4.68 Å². The molecule has 0 radical (unpaired) electrons. The zero-order chi connectivity index (χ0) is 13.8. The Balaban J connectivity index is 2.09. The average Bonchev–Trinajstić information content (AvgIpc) is 2.99. The molecule has 0 aromatic carbocycles. The molecule has 2 rings (SSSR count). The highest BCUT2D eigenvalue weighted by Crippen LogP contribution is 2.12. The molecule has 2 heterocycles. The van der Waals surface area contributed by atoms with E-state index in [-0.39, 0.29) is 0 Å². The fourth-order valence-electron chi connectivity index (χ4n) is 2.08. The van der Waals surface area contributed by atoms with Crippen molar-refractivity contribution in [2.24, 2.45) is 0 Å². The van der Waals surface area contributed by atoms with Gasteiger partial charge in [0.1, 0.15) is 18.7 Å². The number of nitrogens with zero attached hydrogens (tertiary/aromatic N) is 5. The SMILES string of the molecule is CCNC(C)c1cnn(Cc2ncnn2C(C)C)c1. The van der Waals surface area contributed by atoms with Crippen LogP contribution in [0.4, 0.5) is 0 Å². The quantitative estimate of drug-likeness (QED) is 0.862. The van der Waals surface area contributed by atoms with Crippen molar-refractivity contribution in [3.05, 3.63) is 30.1 Å². The van der Waals surface area contributed by atoms with Crippen LogP contribution in [0.3, 0.4) is 0 Å². The standard InChI is InChI=1S/C13H22N6/c1-5-14-11(4)12-6-16-18(7-12)8-13-15-9-17-19(13)10(2)3/h6-7,9-11,14H,5,8H2,1-4H3. The Morgan fingerprint density at radius 3 is 2.74 bits per heavy atom. The van der Waals surface area contributed by atoms with Gasteiger partial charge in [-0.25, -0.2) is 9.67 Å². The highest BCUT2D eigenvalue weighted by Gasteiger charge is 2.11. The minimum atomic E-state index is 0.313. The van der Waals surface area contributed by atoms with Crippen LogP contribution in [0.5, 0.6) is 0 Å². The van der Waals surface area contributed by atoms with Gasteiger partial charge in [-0.05, 0) is 27.3 Å². The summed E-state index contributed by atoms with van der Waals surface area (Å²) in [6, 6.07) is 0.634. The number of hydrogen-bond donors (Lipinski definition) is 1. The first-order valence-electron chi connectivity index (χ1n) is 6.76. The van der Waals surface area contributed by atoms with Gasteiger partial charge in [0.2, 0.25) is 0 Å². The molecule has 1 N–H and O–H groups in total. The van der Waals surface area contributed by atoms with E-state index >= 15 is 0 Å². The summed E-state index contributed by atoms with van der Waals surface area (Å²) in [5.41, 5.74) is 1.19. The fourth-order valence-corrected chi connectivity index (χ4v) is 2.08. The number of nitrogens with one attached hydrogen (secondary N) is 1. The van der Waals surface area contributed by atoms with Crippen LogP contribution in [-0.2, 0) is 6.54 Å². The van der Waals surface area contributed by atoms with E-state index in [0.29, 0.717) is 18.6 Å². The van der Waals surface area contributed by atoms with Gasteiger partial charge in [-0.15, -0.1) is 0 Å². The van der Waals surface area contributed by atoms with Gasteiger partial charge in [0, 0.05) is 23.8 Å². The summed E-state index contributed by atoms with van der Waals surface area (Å²) in [6.45, 7) is 10.0. The van der Waals surface area contributed by atoms with E-state index in [1.807, 2.05) is 15.6 Å². The van der Waals surface area contributed by atoms with Gasteiger partial charge in [-0.2, -0.15) is 10.2 Å². The lowest BCUT2D eigenvalue weighted by molar-refractivity contribution is 0.487. The second-order valence-corrected chi connectivity index (χ2v) is 4.97. The average molecular weight is 262 g/mol. The Morgan fingerprint density at radius 1 is 1.26 bits per heavy atom. The van der Waals surface area contributed by atoms with Crippen molar-refractivity contribution in [1.82, 2.24) is 29.9 Å². The van der Waals surface area contributed by atoms with Crippen LogP contribution in [0.15, 0.2) is 18.7 Å². The highest BCUT2D eigenvalue weighted by molar-refractivity contribution is 5.09. The van der Waals surface area contributed by atoms with Gasteiger partial charge in [0.25, 0.3) is 0 Å². The zero-order valence-electron chi connectivity index (χ0n) is 12.0. The molecule has 0 aliphatic carbocycles. The maximum Gasteiger partial charge on any atom is 0.148 e. The maximum atomic E-state index is 4.39. The molecule has 6 heteroatoms. The van der Waals surface area contributed by atoms with E-state index in [0.717, 1.165) is 12.4 Å². The first-order valence-corrected chi connectivity index (χ1v) is 6.76. The molecule has 1 atom stereocenters. The van der Waals surface area contributed by atoms with Crippen LogP contribution in [0, 0.1) is 0 Å².